The average molecular weight is 244 g/mol. The van der Waals surface area contributed by atoms with Crippen molar-refractivity contribution in [3.8, 4) is 0 Å². The molecular weight excluding hydrogens is 220 g/mol. The number of carbonyl (C=O) groups excluding carboxylic acids is 1. The fraction of sp³-hybridized carbons (Fsp3) is 0.917. The minimum atomic E-state index is -0.312. The largest absolute Gasteiger partial charge is 0.394 e. The molecule has 0 saturated heterocycles. The number of ether oxygens (including phenoxy) is 1. The van der Waals surface area contributed by atoms with Gasteiger partial charge in [0, 0.05) is 13.0 Å². The summed E-state index contributed by atoms with van der Waals surface area (Å²) in [4.78, 5) is 12.1. The molecule has 0 aromatic heterocycles. The van der Waals surface area contributed by atoms with Crippen molar-refractivity contribution in [3.05, 3.63) is 0 Å². The van der Waals surface area contributed by atoms with Gasteiger partial charge in [0.15, 0.2) is 0 Å². The molecule has 5 nitrogen and oxygen atoms in total. The highest BCUT2D eigenvalue weighted by atomic mass is 16.5. The smallest absolute Gasteiger partial charge is 0.223 e. The van der Waals surface area contributed by atoms with Crippen LogP contribution in [-0.4, -0.2) is 43.9 Å². The molecule has 0 aromatic carbocycles. The number of aliphatic hydroxyl groups excluding tert-OH is 1. The van der Waals surface area contributed by atoms with Gasteiger partial charge in [-0.25, -0.2) is 0 Å². The van der Waals surface area contributed by atoms with E-state index in [1.54, 1.807) is 7.11 Å². The van der Waals surface area contributed by atoms with Crippen LogP contribution < -0.4 is 11.1 Å². The van der Waals surface area contributed by atoms with E-state index in [-0.39, 0.29) is 30.4 Å². The highest BCUT2D eigenvalue weighted by Gasteiger charge is 2.30. The lowest BCUT2D eigenvalue weighted by atomic mass is 9.78. The SMILES string of the molecule is COCC(CO)NC(=O)C1CCCCC1CN. The van der Waals surface area contributed by atoms with Gasteiger partial charge in [0.05, 0.1) is 19.3 Å². The fourth-order valence-electron chi connectivity index (χ4n) is 2.48. The fourth-order valence-corrected chi connectivity index (χ4v) is 2.48. The second-order valence-corrected chi connectivity index (χ2v) is 4.73. The highest BCUT2D eigenvalue weighted by Crippen LogP contribution is 2.29. The van der Waals surface area contributed by atoms with Crippen LogP contribution in [0.5, 0.6) is 0 Å². The highest BCUT2D eigenvalue weighted by molar-refractivity contribution is 5.79. The van der Waals surface area contributed by atoms with Crippen LogP contribution in [0.2, 0.25) is 0 Å². The van der Waals surface area contributed by atoms with Crippen molar-refractivity contribution in [1.82, 2.24) is 5.32 Å². The molecule has 0 spiro atoms. The van der Waals surface area contributed by atoms with Crippen molar-refractivity contribution in [2.24, 2.45) is 17.6 Å². The maximum atomic E-state index is 12.1. The van der Waals surface area contributed by atoms with Crippen LogP contribution in [0.15, 0.2) is 0 Å². The number of nitrogens with two attached hydrogens (primary N) is 1. The Morgan fingerprint density at radius 1 is 1.53 bits per heavy atom. The Morgan fingerprint density at radius 2 is 2.24 bits per heavy atom. The predicted molar refractivity (Wildman–Crippen MR) is 65.4 cm³/mol. The van der Waals surface area contributed by atoms with E-state index in [1.165, 1.54) is 0 Å². The molecule has 0 aromatic rings. The van der Waals surface area contributed by atoms with Crippen LogP contribution in [0.1, 0.15) is 25.7 Å². The first-order valence-electron chi connectivity index (χ1n) is 6.33. The molecule has 4 N–H and O–H groups in total. The van der Waals surface area contributed by atoms with Crippen LogP contribution in [0, 0.1) is 11.8 Å². The molecule has 3 unspecified atom stereocenters. The van der Waals surface area contributed by atoms with Gasteiger partial charge in [0.1, 0.15) is 0 Å². The molecule has 5 heteroatoms. The third-order valence-electron chi connectivity index (χ3n) is 3.48. The number of rotatable bonds is 6. The van der Waals surface area contributed by atoms with E-state index in [0.717, 1.165) is 25.7 Å². The summed E-state index contributed by atoms with van der Waals surface area (Å²) in [5, 5.41) is 11.9. The first-order chi connectivity index (χ1) is 8.22. The standard InChI is InChI=1S/C12H24N2O3/c1-17-8-10(7-15)14-12(16)11-5-3-2-4-9(11)6-13/h9-11,15H,2-8,13H2,1H3,(H,14,16). The topological polar surface area (TPSA) is 84.6 Å². The Bertz CT molecular complexity index is 236. The van der Waals surface area contributed by atoms with Gasteiger partial charge >= 0.3 is 0 Å². The van der Waals surface area contributed by atoms with Crippen LogP contribution in [0.3, 0.4) is 0 Å². The van der Waals surface area contributed by atoms with E-state index in [2.05, 4.69) is 5.32 Å². The first kappa shape index (κ1) is 14.4. The Balaban J connectivity index is 2.49. The molecule has 1 aliphatic rings. The minimum absolute atomic E-state index is 0.000318. The van der Waals surface area contributed by atoms with Crippen LogP contribution in [0.25, 0.3) is 0 Å². The van der Waals surface area contributed by atoms with Crippen molar-refractivity contribution in [2.75, 3.05) is 26.9 Å². The van der Waals surface area contributed by atoms with Gasteiger partial charge in [0.25, 0.3) is 0 Å². The molecule has 3 atom stereocenters. The maximum Gasteiger partial charge on any atom is 0.223 e. The lowest BCUT2D eigenvalue weighted by molar-refractivity contribution is -0.129. The van der Waals surface area contributed by atoms with Crippen molar-refractivity contribution in [2.45, 2.75) is 31.7 Å². The van der Waals surface area contributed by atoms with Gasteiger partial charge in [-0.05, 0) is 25.3 Å². The van der Waals surface area contributed by atoms with E-state index >= 15 is 0 Å². The molecule has 1 rings (SSSR count). The van der Waals surface area contributed by atoms with Gasteiger partial charge in [-0.2, -0.15) is 0 Å². The molecular formula is C12H24N2O3. The molecule has 0 heterocycles. The summed E-state index contributed by atoms with van der Waals surface area (Å²) in [5.41, 5.74) is 5.70. The molecule has 1 saturated carbocycles. The Hall–Kier alpha value is -0.650. The number of amides is 1. The molecule has 1 aliphatic carbocycles. The number of aliphatic hydroxyl groups is 1. The van der Waals surface area contributed by atoms with Crippen LogP contribution >= 0.6 is 0 Å². The summed E-state index contributed by atoms with van der Waals surface area (Å²) in [5.74, 6) is 0.293. The summed E-state index contributed by atoms with van der Waals surface area (Å²) in [7, 11) is 1.55. The number of hydrogen-bond donors (Lipinski definition) is 3. The second-order valence-electron chi connectivity index (χ2n) is 4.73. The number of nitrogens with one attached hydrogen (secondary N) is 1. The van der Waals surface area contributed by atoms with Gasteiger partial charge in [-0.1, -0.05) is 12.8 Å². The quantitative estimate of drug-likeness (QED) is 0.608. The second kappa shape index (κ2) is 7.63. The Labute approximate surface area is 103 Å². The molecule has 0 aliphatic heterocycles. The van der Waals surface area contributed by atoms with Gasteiger partial charge < -0.3 is 20.9 Å². The molecule has 1 amide bonds. The molecule has 0 bridgehead atoms. The number of carbonyl (C=O) groups is 1. The molecule has 0 radical (unpaired) electrons. The van der Waals surface area contributed by atoms with E-state index in [4.69, 9.17) is 15.6 Å². The molecule has 1 fully saturated rings. The van der Waals surface area contributed by atoms with E-state index < -0.39 is 0 Å². The van der Waals surface area contributed by atoms with Crippen molar-refractivity contribution < 1.29 is 14.6 Å². The molecule has 100 valence electrons. The number of methoxy groups -OCH3 is 1. The summed E-state index contributed by atoms with van der Waals surface area (Å²) in [6.45, 7) is 0.800. The zero-order valence-corrected chi connectivity index (χ0v) is 10.5. The summed E-state index contributed by atoms with van der Waals surface area (Å²) in [6.07, 6.45) is 4.18. The lowest BCUT2D eigenvalue weighted by Gasteiger charge is -2.30. The van der Waals surface area contributed by atoms with E-state index in [1.807, 2.05) is 0 Å². The van der Waals surface area contributed by atoms with Gasteiger partial charge in [-0.15, -0.1) is 0 Å². The van der Waals surface area contributed by atoms with Crippen molar-refractivity contribution in [1.29, 1.82) is 0 Å². The monoisotopic (exact) mass is 244 g/mol. The zero-order valence-electron chi connectivity index (χ0n) is 10.5. The summed E-state index contributed by atoms with van der Waals surface area (Å²) >= 11 is 0. The third-order valence-corrected chi connectivity index (χ3v) is 3.48. The maximum absolute atomic E-state index is 12.1. The van der Waals surface area contributed by atoms with E-state index in [9.17, 15) is 4.79 Å². The Morgan fingerprint density at radius 3 is 2.82 bits per heavy atom. The van der Waals surface area contributed by atoms with Crippen LogP contribution in [-0.2, 0) is 9.53 Å². The third kappa shape index (κ3) is 4.26. The van der Waals surface area contributed by atoms with Gasteiger partial charge in [0.2, 0.25) is 5.91 Å². The summed E-state index contributed by atoms with van der Waals surface area (Å²) < 4.78 is 4.94. The zero-order chi connectivity index (χ0) is 12.7. The Kier molecular flexibility index (Phi) is 6.47. The van der Waals surface area contributed by atoms with Crippen molar-refractivity contribution in [3.63, 3.8) is 0 Å². The normalized spacial score (nSPS) is 26.5. The molecule has 17 heavy (non-hydrogen) atoms. The van der Waals surface area contributed by atoms with Crippen LogP contribution in [0.4, 0.5) is 0 Å². The lowest BCUT2D eigenvalue weighted by Crippen LogP contribution is -2.46. The van der Waals surface area contributed by atoms with Crippen molar-refractivity contribution >= 4 is 5.91 Å². The first-order valence-corrected chi connectivity index (χ1v) is 6.33. The minimum Gasteiger partial charge on any atom is -0.394 e. The van der Waals surface area contributed by atoms with E-state index in [0.29, 0.717) is 13.2 Å². The summed E-state index contributed by atoms with van der Waals surface area (Å²) in [6, 6.07) is -0.312. The number of hydrogen-bond acceptors (Lipinski definition) is 4. The van der Waals surface area contributed by atoms with Gasteiger partial charge in [-0.3, -0.25) is 4.79 Å². The predicted octanol–water partition coefficient (Wildman–Crippen LogP) is -0.125. The average Bonchev–Trinajstić information content (AvgIpc) is 2.38.